The van der Waals surface area contributed by atoms with Crippen LogP contribution in [0, 0.1) is 3.57 Å². The Hall–Kier alpha value is -1.31. The molecule has 3 rings (SSSR count). The van der Waals surface area contributed by atoms with E-state index in [0.29, 0.717) is 10.6 Å². The number of carbonyl (C=O) groups is 1. The number of hydrogen-bond acceptors (Lipinski definition) is 3. The highest BCUT2D eigenvalue weighted by Gasteiger charge is 2.16. The maximum Gasteiger partial charge on any atom is 0.257 e. The molecule has 132 valence electrons. The average molecular weight is 470 g/mol. The van der Waals surface area contributed by atoms with E-state index >= 15 is 0 Å². The summed E-state index contributed by atoms with van der Waals surface area (Å²) in [6, 6.07) is 13.4. The molecule has 1 saturated heterocycles. The number of benzene rings is 2. The Morgan fingerprint density at radius 1 is 1.12 bits per heavy atom. The molecular weight excluding hydrogens is 449 g/mol. The predicted octanol–water partition coefficient (Wildman–Crippen LogP) is 4.34. The van der Waals surface area contributed by atoms with Crippen LogP contribution in [0.4, 0.5) is 11.4 Å². The van der Waals surface area contributed by atoms with Crippen LogP contribution in [0.15, 0.2) is 42.5 Å². The summed E-state index contributed by atoms with van der Waals surface area (Å²) in [7, 11) is 0. The van der Waals surface area contributed by atoms with Gasteiger partial charge >= 0.3 is 0 Å². The summed E-state index contributed by atoms with van der Waals surface area (Å²) in [5.74, 6) is -0.187. The summed E-state index contributed by atoms with van der Waals surface area (Å²) < 4.78 is 0.980. The van der Waals surface area contributed by atoms with Crippen LogP contribution in [0.25, 0.3) is 0 Å². The molecule has 1 amide bonds. The number of nitrogens with one attached hydrogen (secondary N) is 1. The Morgan fingerprint density at radius 2 is 1.80 bits per heavy atom. The van der Waals surface area contributed by atoms with Gasteiger partial charge in [0.05, 0.1) is 10.6 Å². The highest BCUT2D eigenvalue weighted by Crippen LogP contribution is 2.22. The summed E-state index contributed by atoms with van der Waals surface area (Å²) in [5, 5.41) is 3.38. The van der Waals surface area contributed by atoms with Crippen molar-refractivity contribution in [1.29, 1.82) is 0 Å². The maximum absolute atomic E-state index is 12.4. The van der Waals surface area contributed by atoms with Crippen LogP contribution >= 0.6 is 34.2 Å². The lowest BCUT2D eigenvalue weighted by atomic mass is 10.2. The Morgan fingerprint density at radius 3 is 2.44 bits per heavy atom. The summed E-state index contributed by atoms with van der Waals surface area (Å²) in [6.07, 6.45) is 0. The number of carbonyl (C=O) groups excluding carboxylic acids is 1. The summed E-state index contributed by atoms with van der Waals surface area (Å²) in [5.41, 5.74) is 2.46. The summed E-state index contributed by atoms with van der Waals surface area (Å²) in [4.78, 5) is 17.3. The molecule has 0 radical (unpaired) electrons. The van der Waals surface area contributed by atoms with E-state index in [0.717, 1.165) is 42.0 Å². The lowest BCUT2D eigenvalue weighted by molar-refractivity contribution is 0.102. The zero-order chi connectivity index (χ0) is 17.8. The minimum atomic E-state index is -0.187. The molecule has 1 N–H and O–H groups in total. The van der Waals surface area contributed by atoms with Crippen molar-refractivity contribution in [3.05, 3.63) is 56.6 Å². The molecule has 2 aromatic rings. The fraction of sp³-hybridized carbons (Fsp3) is 0.316. The number of halogens is 2. The van der Waals surface area contributed by atoms with Crippen molar-refractivity contribution in [2.75, 3.05) is 42.9 Å². The van der Waals surface area contributed by atoms with Crippen LogP contribution in [-0.4, -0.2) is 43.5 Å². The molecule has 0 unspecified atom stereocenters. The van der Waals surface area contributed by atoms with Gasteiger partial charge in [-0.3, -0.25) is 4.79 Å². The standard InChI is InChI=1S/C19H21ClIN3O/c1-2-23-9-11-24(12-10-23)16-6-4-15(5-7-16)22-19(25)17-13-14(21)3-8-18(17)20/h3-8,13H,2,9-12H2,1H3,(H,22,25). The number of nitrogens with zero attached hydrogens (tertiary/aromatic N) is 2. The second-order valence-electron chi connectivity index (χ2n) is 6.05. The van der Waals surface area contributed by atoms with Crippen LogP contribution in [0.2, 0.25) is 5.02 Å². The minimum absolute atomic E-state index is 0.187. The van der Waals surface area contributed by atoms with Gasteiger partial charge in [0.15, 0.2) is 0 Å². The van der Waals surface area contributed by atoms with Crippen LogP contribution in [0.5, 0.6) is 0 Å². The first kappa shape index (κ1) is 18.5. The van der Waals surface area contributed by atoms with Crippen molar-refractivity contribution in [3.63, 3.8) is 0 Å². The molecule has 1 aliphatic heterocycles. The van der Waals surface area contributed by atoms with Gasteiger partial charge in [0.25, 0.3) is 5.91 Å². The number of anilines is 2. The summed E-state index contributed by atoms with van der Waals surface area (Å²) in [6.45, 7) is 7.59. The molecule has 0 aromatic heterocycles. The lowest BCUT2D eigenvalue weighted by Gasteiger charge is -2.35. The molecule has 2 aromatic carbocycles. The lowest BCUT2D eigenvalue weighted by Crippen LogP contribution is -2.46. The Kier molecular flexibility index (Phi) is 6.19. The van der Waals surface area contributed by atoms with Crippen molar-refractivity contribution < 1.29 is 4.79 Å². The molecule has 6 heteroatoms. The maximum atomic E-state index is 12.4. The highest BCUT2D eigenvalue weighted by atomic mass is 127. The molecule has 0 aliphatic carbocycles. The van der Waals surface area contributed by atoms with E-state index in [2.05, 4.69) is 56.8 Å². The number of likely N-dealkylation sites (N-methyl/N-ethyl adjacent to an activating group) is 1. The number of amides is 1. The van der Waals surface area contributed by atoms with Crippen molar-refractivity contribution in [2.45, 2.75) is 6.92 Å². The number of hydrogen-bond donors (Lipinski definition) is 1. The largest absolute Gasteiger partial charge is 0.369 e. The zero-order valence-electron chi connectivity index (χ0n) is 14.1. The second-order valence-corrected chi connectivity index (χ2v) is 7.70. The van der Waals surface area contributed by atoms with Crippen molar-refractivity contribution in [3.8, 4) is 0 Å². The Labute approximate surface area is 167 Å². The Bertz CT molecular complexity index is 743. The van der Waals surface area contributed by atoms with E-state index in [9.17, 15) is 4.79 Å². The van der Waals surface area contributed by atoms with Gasteiger partial charge in [-0.2, -0.15) is 0 Å². The predicted molar refractivity (Wildman–Crippen MR) is 113 cm³/mol. The monoisotopic (exact) mass is 469 g/mol. The van der Waals surface area contributed by atoms with Gasteiger partial charge < -0.3 is 15.1 Å². The fourth-order valence-corrected chi connectivity index (χ4v) is 3.64. The van der Waals surface area contributed by atoms with Crippen molar-refractivity contribution in [2.24, 2.45) is 0 Å². The van der Waals surface area contributed by atoms with Gasteiger partial charge in [-0.25, -0.2) is 0 Å². The third-order valence-electron chi connectivity index (χ3n) is 4.48. The van der Waals surface area contributed by atoms with E-state index < -0.39 is 0 Å². The van der Waals surface area contributed by atoms with E-state index in [1.807, 2.05) is 18.2 Å². The van der Waals surface area contributed by atoms with Crippen molar-refractivity contribution >= 4 is 51.5 Å². The quantitative estimate of drug-likeness (QED) is 0.677. The first-order valence-electron chi connectivity index (χ1n) is 8.40. The van der Waals surface area contributed by atoms with Crippen LogP contribution in [0.3, 0.4) is 0 Å². The minimum Gasteiger partial charge on any atom is -0.369 e. The number of rotatable bonds is 4. The molecule has 1 heterocycles. The smallest absolute Gasteiger partial charge is 0.257 e. The SMILES string of the molecule is CCN1CCN(c2ccc(NC(=O)c3cc(I)ccc3Cl)cc2)CC1. The zero-order valence-corrected chi connectivity index (χ0v) is 17.0. The molecule has 0 saturated carbocycles. The van der Waals surface area contributed by atoms with Gasteiger partial charge in [-0.15, -0.1) is 0 Å². The van der Waals surface area contributed by atoms with Crippen LogP contribution in [-0.2, 0) is 0 Å². The molecule has 0 spiro atoms. The second kappa shape index (κ2) is 8.38. The first-order valence-corrected chi connectivity index (χ1v) is 9.86. The molecule has 0 atom stereocenters. The highest BCUT2D eigenvalue weighted by molar-refractivity contribution is 14.1. The van der Waals surface area contributed by atoms with Gasteiger partial charge in [0.2, 0.25) is 0 Å². The van der Waals surface area contributed by atoms with Gasteiger partial charge in [-0.1, -0.05) is 18.5 Å². The van der Waals surface area contributed by atoms with Crippen molar-refractivity contribution in [1.82, 2.24) is 4.90 Å². The van der Waals surface area contributed by atoms with Gasteiger partial charge in [0, 0.05) is 41.1 Å². The van der Waals surface area contributed by atoms with Gasteiger partial charge in [0.1, 0.15) is 0 Å². The third-order valence-corrected chi connectivity index (χ3v) is 5.48. The van der Waals surface area contributed by atoms with E-state index in [1.54, 1.807) is 12.1 Å². The molecule has 1 fully saturated rings. The molecule has 1 aliphatic rings. The first-order chi connectivity index (χ1) is 12.1. The molecule has 4 nitrogen and oxygen atoms in total. The van der Waals surface area contributed by atoms with E-state index in [-0.39, 0.29) is 5.91 Å². The number of piperazine rings is 1. The molecule has 25 heavy (non-hydrogen) atoms. The normalized spacial score (nSPS) is 15.2. The van der Waals surface area contributed by atoms with E-state index in [1.165, 1.54) is 5.69 Å². The third kappa shape index (κ3) is 4.65. The average Bonchev–Trinajstić information content (AvgIpc) is 2.64. The van der Waals surface area contributed by atoms with E-state index in [4.69, 9.17) is 11.6 Å². The summed E-state index contributed by atoms with van der Waals surface area (Å²) >= 11 is 8.30. The molecular formula is C19H21ClIN3O. The van der Waals surface area contributed by atoms with Crippen LogP contribution in [0.1, 0.15) is 17.3 Å². The van der Waals surface area contributed by atoms with Gasteiger partial charge in [-0.05, 0) is 71.6 Å². The van der Waals surface area contributed by atoms with Crippen LogP contribution < -0.4 is 10.2 Å². The topological polar surface area (TPSA) is 35.6 Å². The fourth-order valence-electron chi connectivity index (χ4n) is 2.95. The Balaban J connectivity index is 1.65. The molecule has 0 bridgehead atoms.